The van der Waals surface area contributed by atoms with Crippen LogP contribution in [0.4, 0.5) is 0 Å². The molecular weight excluding hydrogens is 206 g/mol. The van der Waals surface area contributed by atoms with Gasteiger partial charge in [-0.15, -0.1) is 0 Å². The normalized spacial score (nSPS) is 20.4. The van der Waals surface area contributed by atoms with Crippen LogP contribution in [0, 0.1) is 5.92 Å². The molecule has 1 aliphatic heterocycles. The second kappa shape index (κ2) is 5.96. The van der Waals surface area contributed by atoms with Crippen molar-refractivity contribution < 1.29 is 9.26 Å². The summed E-state index contributed by atoms with van der Waals surface area (Å²) in [5.41, 5.74) is 0. The molecule has 5 heteroatoms. The van der Waals surface area contributed by atoms with E-state index < -0.39 is 0 Å². The van der Waals surface area contributed by atoms with Crippen molar-refractivity contribution in [3.8, 4) is 0 Å². The van der Waals surface area contributed by atoms with E-state index in [0.717, 1.165) is 57.2 Å². The quantitative estimate of drug-likeness (QED) is 0.726. The molecule has 1 fully saturated rings. The van der Waals surface area contributed by atoms with Crippen molar-refractivity contribution in [1.29, 1.82) is 0 Å². The molecule has 1 N–H and O–H groups in total. The molecule has 2 rings (SSSR count). The molecule has 1 atom stereocenters. The summed E-state index contributed by atoms with van der Waals surface area (Å²) in [4.78, 5) is 4.38. The van der Waals surface area contributed by atoms with Crippen LogP contribution < -0.4 is 5.32 Å². The Morgan fingerprint density at radius 3 is 3.19 bits per heavy atom. The van der Waals surface area contributed by atoms with Crippen LogP contribution in [0.1, 0.15) is 24.6 Å². The first-order valence-electron chi connectivity index (χ1n) is 5.92. The summed E-state index contributed by atoms with van der Waals surface area (Å²) < 4.78 is 10.5. The van der Waals surface area contributed by atoms with Crippen LogP contribution >= 0.6 is 0 Å². The van der Waals surface area contributed by atoms with Crippen molar-refractivity contribution in [3.63, 3.8) is 0 Å². The summed E-state index contributed by atoms with van der Waals surface area (Å²) in [6, 6.07) is 0. The van der Waals surface area contributed by atoms with Crippen LogP contribution in [-0.4, -0.2) is 36.9 Å². The van der Waals surface area contributed by atoms with Crippen molar-refractivity contribution in [2.45, 2.75) is 25.7 Å². The fourth-order valence-electron chi connectivity index (χ4n) is 1.89. The fraction of sp³-hybridized carbons (Fsp3) is 0.818. The second-order valence-corrected chi connectivity index (χ2v) is 4.25. The molecule has 16 heavy (non-hydrogen) atoms. The molecule has 1 aromatic rings. The Kier molecular flexibility index (Phi) is 4.30. The lowest BCUT2D eigenvalue weighted by molar-refractivity contribution is 0.185. The molecule has 1 aromatic heterocycles. The summed E-state index contributed by atoms with van der Waals surface area (Å²) in [5, 5.41) is 7.09. The van der Waals surface area contributed by atoms with Crippen LogP contribution in [0.25, 0.3) is 0 Å². The van der Waals surface area contributed by atoms with Crippen LogP contribution in [-0.2, 0) is 17.6 Å². The molecule has 0 radical (unpaired) electrons. The van der Waals surface area contributed by atoms with E-state index in [9.17, 15) is 0 Å². The largest absolute Gasteiger partial charge is 0.381 e. The van der Waals surface area contributed by atoms with Crippen molar-refractivity contribution in [3.05, 3.63) is 11.7 Å². The number of ether oxygens (including phenoxy) is 1. The molecule has 0 aromatic carbocycles. The van der Waals surface area contributed by atoms with Gasteiger partial charge < -0.3 is 14.6 Å². The molecule has 0 aliphatic carbocycles. The van der Waals surface area contributed by atoms with Crippen LogP contribution in [0.15, 0.2) is 4.52 Å². The third kappa shape index (κ3) is 3.28. The standard InChI is InChI=1S/C11H19N3O2/c1-12-5-2-3-11-13-10(14-16-11)7-9-4-6-15-8-9/h9,12H,2-8H2,1H3. The number of nitrogens with one attached hydrogen (secondary N) is 1. The van der Waals surface area contributed by atoms with Gasteiger partial charge in [0.05, 0.1) is 0 Å². The molecular formula is C11H19N3O2. The topological polar surface area (TPSA) is 60.2 Å². The summed E-state index contributed by atoms with van der Waals surface area (Å²) >= 11 is 0. The molecule has 1 aliphatic rings. The van der Waals surface area contributed by atoms with Gasteiger partial charge in [0.1, 0.15) is 0 Å². The van der Waals surface area contributed by atoms with Gasteiger partial charge in [-0.3, -0.25) is 0 Å². The van der Waals surface area contributed by atoms with E-state index in [2.05, 4.69) is 15.5 Å². The number of rotatable bonds is 6. The maximum Gasteiger partial charge on any atom is 0.226 e. The number of aromatic nitrogens is 2. The van der Waals surface area contributed by atoms with Gasteiger partial charge in [0.2, 0.25) is 5.89 Å². The first-order valence-corrected chi connectivity index (χ1v) is 5.92. The lowest BCUT2D eigenvalue weighted by Gasteiger charge is -2.00. The summed E-state index contributed by atoms with van der Waals surface area (Å²) in [7, 11) is 1.94. The van der Waals surface area contributed by atoms with Crippen molar-refractivity contribution >= 4 is 0 Å². The molecule has 0 amide bonds. The zero-order valence-electron chi connectivity index (χ0n) is 9.74. The first kappa shape index (κ1) is 11.5. The van der Waals surface area contributed by atoms with Gasteiger partial charge in [-0.2, -0.15) is 4.98 Å². The van der Waals surface area contributed by atoms with E-state index in [1.165, 1.54) is 0 Å². The minimum absolute atomic E-state index is 0.572. The molecule has 0 saturated carbocycles. The zero-order chi connectivity index (χ0) is 11.2. The Bertz CT molecular complexity index is 308. The molecule has 1 saturated heterocycles. The van der Waals surface area contributed by atoms with Crippen molar-refractivity contribution in [1.82, 2.24) is 15.5 Å². The molecule has 90 valence electrons. The monoisotopic (exact) mass is 225 g/mol. The first-order chi connectivity index (χ1) is 7.88. The fourth-order valence-corrected chi connectivity index (χ4v) is 1.89. The molecule has 0 bridgehead atoms. The second-order valence-electron chi connectivity index (χ2n) is 4.25. The van der Waals surface area contributed by atoms with Crippen molar-refractivity contribution in [2.24, 2.45) is 5.92 Å². The van der Waals surface area contributed by atoms with E-state index in [0.29, 0.717) is 5.92 Å². The Balaban J connectivity index is 1.77. The predicted molar refractivity (Wildman–Crippen MR) is 59.2 cm³/mol. The van der Waals surface area contributed by atoms with Gasteiger partial charge in [-0.25, -0.2) is 0 Å². The van der Waals surface area contributed by atoms with Gasteiger partial charge in [0.15, 0.2) is 5.82 Å². The Morgan fingerprint density at radius 2 is 2.44 bits per heavy atom. The summed E-state index contributed by atoms with van der Waals surface area (Å²) in [6.07, 6.45) is 3.89. The average molecular weight is 225 g/mol. The SMILES string of the molecule is CNCCCc1nc(CC2CCOC2)no1. The minimum Gasteiger partial charge on any atom is -0.381 e. The van der Waals surface area contributed by atoms with E-state index >= 15 is 0 Å². The summed E-state index contributed by atoms with van der Waals surface area (Å²) in [6.45, 7) is 2.69. The van der Waals surface area contributed by atoms with Gasteiger partial charge >= 0.3 is 0 Å². The van der Waals surface area contributed by atoms with Gasteiger partial charge in [0.25, 0.3) is 0 Å². The van der Waals surface area contributed by atoms with Crippen LogP contribution in [0.3, 0.4) is 0 Å². The Hall–Kier alpha value is -0.940. The highest BCUT2D eigenvalue weighted by molar-refractivity contribution is 4.89. The van der Waals surface area contributed by atoms with E-state index in [1.54, 1.807) is 0 Å². The molecule has 1 unspecified atom stereocenters. The predicted octanol–water partition coefficient (Wildman–Crippen LogP) is 0.801. The smallest absolute Gasteiger partial charge is 0.226 e. The molecule has 5 nitrogen and oxygen atoms in total. The van der Waals surface area contributed by atoms with Gasteiger partial charge in [-0.05, 0) is 32.4 Å². The minimum atomic E-state index is 0.572. The lowest BCUT2D eigenvalue weighted by atomic mass is 10.1. The number of nitrogens with zero attached hydrogens (tertiary/aromatic N) is 2. The van der Waals surface area contributed by atoms with E-state index in [4.69, 9.17) is 9.26 Å². The van der Waals surface area contributed by atoms with Crippen LogP contribution in [0.2, 0.25) is 0 Å². The molecule has 0 spiro atoms. The lowest BCUT2D eigenvalue weighted by Crippen LogP contribution is -2.08. The van der Waals surface area contributed by atoms with Crippen molar-refractivity contribution in [2.75, 3.05) is 26.8 Å². The Labute approximate surface area is 95.6 Å². The number of hydrogen-bond donors (Lipinski definition) is 1. The maximum atomic E-state index is 5.32. The molecule has 2 heterocycles. The third-order valence-electron chi connectivity index (χ3n) is 2.82. The van der Waals surface area contributed by atoms with E-state index in [1.807, 2.05) is 7.05 Å². The highest BCUT2D eigenvalue weighted by atomic mass is 16.5. The number of hydrogen-bond acceptors (Lipinski definition) is 5. The van der Waals surface area contributed by atoms with E-state index in [-0.39, 0.29) is 0 Å². The van der Waals surface area contributed by atoms with Gasteiger partial charge in [-0.1, -0.05) is 5.16 Å². The van der Waals surface area contributed by atoms with Crippen LogP contribution in [0.5, 0.6) is 0 Å². The maximum absolute atomic E-state index is 5.32. The highest BCUT2D eigenvalue weighted by Crippen LogP contribution is 2.16. The highest BCUT2D eigenvalue weighted by Gasteiger charge is 2.18. The third-order valence-corrected chi connectivity index (χ3v) is 2.82. The zero-order valence-corrected chi connectivity index (χ0v) is 9.74. The number of aryl methyl sites for hydroxylation is 1. The summed E-state index contributed by atoms with van der Waals surface area (Å²) in [5.74, 6) is 2.15. The Morgan fingerprint density at radius 1 is 1.50 bits per heavy atom. The van der Waals surface area contributed by atoms with Gasteiger partial charge in [0, 0.05) is 26.1 Å². The average Bonchev–Trinajstić information content (AvgIpc) is 2.91.